The molecule has 0 bridgehead atoms. The van der Waals surface area contributed by atoms with Gasteiger partial charge in [0.2, 0.25) is 0 Å². The maximum atomic E-state index is 12.3. The number of carbonyl (C=O) groups is 2. The maximum absolute atomic E-state index is 12.3. The number of aliphatic carboxylic acids is 1. The van der Waals surface area contributed by atoms with E-state index in [1.807, 2.05) is 24.3 Å². The number of amides is 1. The average molecular weight is 405 g/mol. The third-order valence-electron chi connectivity index (χ3n) is 5.43. The Morgan fingerprint density at radius 2 is 1.77 bits per heavy atom. The van der Waals surface area contributed by atoms with Crippen LogP contribution in [0.15, 0.2) is 60.9 Å². The summed E-state index contributed by atoms with van der Waals surface area (Å²) in [5.74, 6) is -1.76. The van der Waals surface area contributed by atoms with Crippen molar-refractivity contribution in [2.75, 3.05) is 13.2 Å². The lowest BCUT2D eigenvalue weighted by Gasteiger charge is -2.16. The molecule has 0 radical (unpaired) electrons. The molecule has 154 valence electrons. The van der Waals surface area contributed by atoms with Crippen molar-refractivity contribution in [2.45, 2.75) is 12.3 Å². The number of ether oxygens (including phenoxy) is 1. The molecule has 7 nitrogen and oxygen atoms in total. The van der Waals surface area contributed by atoms with E-state index in [4.69, 9.17) is 4.74 Å². The lowest BCUT2D eigenvalue weighted by atomic mass is 9.98. The summed E-state index contributed by atoms with van der Waals surface area (Å²) in [5.41, 5.74) is 5.38. The fraction of sp³-hybridized carbons (Fsp3) is 0.261. The van der Waals surface area contributed by atoms with Gasteiger partial charge >= 0.3 is 12.1 Å². The summed E-state index contributed by atoms with van der Waals surface area (Å²) in [6.45, 7) is 0.182. The zero-order valence-electron chi connectivity index (χ0n) is 16.6. The molecule has 1 aliphatic carbocycles. The topological polar surface area (TPSA) is 93.5 Å². The molecule has 0 unspecified atom stereocenters. The second-order valence-electron chi connectivity index (χ2n) is 7.47. The number of alkyl carbamates (subject to hydrolysis) is 1. The maximum Gasteiger partial charge on any atom is 0.407 e. The Morgan fingerprint density at radius 1 is 1.13 bits per heavy atom. The van der Waals surface area contributed by atoms with Crippen molar-refractivity contribution in [1.82, 2.24) is 15.1 Å². The molecule has 0 saturated heterocycles. The fourth-order valence-corrected chi connectivity index (χ4v) is 3.96. The zero-order chi connectivity index (χ0) is 21.1. The van der Waals surface area contributed by atoms with Crippen molar-refractivity contribution in [3.8, 4) is 11.1 Å². The van der Waals surface area contributed by atoms with Gasteiger partial charge in [-0.2, -0.15) is 5.10 Å². The Balaban J connectivity index is 1.36. The Morgan fingerprint density at radius 3 is 2.33 bits per heavy atom. The summed E-state index contributed by atoms with van der Waals surface area (Å²) in [4.78, 5) is 23.8. The molecule has 30 heavy (non-hydrogen) atoms. The molecule has 0 fully saturated rings. The van der Waals surface area contributed by atoms with Crippen LogP contribution in [0.3, 0.4) is 0 Å². The quantitative estimate of drug-likeness (QED) is 0.630. The summed E-state index contributed by atoms with van der Waals surface area (Å²) in [6.07, 6.45) is 3.06. The van der Waals surface area contributed by atoms with Gasteiger partial charge in [0.05, 0.1) is 12.1 Å². The van der Waals surface area contributed by atoms with Crippen LogP contribution >= 0.6 is 0 Å². The molecule has 2 aromatic carbocycles. The highest BCUT2D eigenvalue weighted by molar-refractivity contribution is 5.79. The second kappa shape index (κ2) is 8.41. The summed E-state index contributed by atoms with van der Waals surface area (Å²) in [6, 6.07) is 16.2. The number of hydrogen-bond donors (Lipinski definition) is 2. The second-order valence-corrected chi connectivity index (χ2v) is 7.47. The van der Waals surface area contributed by atoms with Gasteiger partial charge in [0.1, 0.15) is 6.61 Å². The number of hydrogen-bond acceptors (Lipinski definition) is 4. The van der Waals surface area contributed by atoms with E-state index in [2.05, 4.69) is 34.7 Å². The average Bonchev–Trinajstić information content (AvgIpc) is 3.30. The summed E-state index contributed by atoms with van der Waals surface area (Å²) < 4.78 is 7.08. The van der Waals surface area contributed by atoms with Crippen LogP contribution in [0.25, 0.3) is 11.1 Å². The summed E-state index contributed by atoms with van der Waals surface area (Å²) in [5, 5.41) is 16.1. The minimum atomic E-state index is -0.974. The molecule has 4 rings (SSSR count). The van der Waals surface area contributed by atoms with Crippen LogP contribution in [0, 0.1) is 5.92 Å². The van der Waals surface area contributed by atoms with E-state index in [1.165, 1.54) is 0 Å². The highest BCUT2D eigenvalue weighted by Crippen LogP contribution is 2.44. The van der Waals surface area contributed by atoms with Gasteiger partial charge in [0.25, 0.3) is 0 Å². The van der Waals surface area contributed by atoms with Gasteiger partial charge in [-0.05, 0) is 34.2 Å². The molecule has 7 heteroatoms. The summed E-state index contributed by atoms with van der Waals surface area (Å²) in [7, 11) is 1.77. The normalized spacial score (nSPS) is 13.4. The van der Waals surface area contributed by atoms with Crippen molar-refractivity contribution in [3.63, 3.8) is 0 Å². The van der Waals surface area contributed by atoms with Crippen molar-refractivity contribution in [2.24, 2.45) is 13.0 Å². The van der Waals surface area contributed by atoms with Crippen LogP contribution in [0.4, 0.5) is 4.79 Å². The highest BCUT2D eigenvalue weighted by Gasteiger charge is 2.29. The van der Waals surface area contributed by atoms with E-state index in [0.29, 0.717) is 0 Å². The van der Waals surface area contributed by atoms with Crippen LogP contribution in [-0.4, -0.2) is 40.1 Å². The third-order valence-corrected chi connectivity index (χ3v) is 5.43. The number of rotatable bonds is 7. The minimum Gasteiger partial charge on any atom is -0.481 e. The third kappa shape index (κ3) is 4.05. The molecule has 1 aliphatic rings. The molecule has 1 amide bonds. The molecule has 0 spiro atoms. The summed E-state index contributed by atoms with van der Waals surface area (Å²) >= 11 is 0. The van der Waals surface area contributed by atoms with Crippen molar-refractivity contribution in [1.29, 1.82) is 0 Å². The largest absolute Gasteiger partial charge is 0.481 e. The molecule has 1 aromatic heterocycles. The fourth-order valence-electron chi connectivity index (χ4n) is 3.96. The Kier molecular flexibility index (Phi) is 5.52. The van der Waals surface area contributed by atoms with Gasteiger partial charge in [-0.25, -0.2) is 4.79 Å². The molecule has 3 aromatic rings. The predicted octanol–water partition coefficient (Wildman–Crippen LogP) is 3.20. The SMILES string of the molecule is Cn1cc(C[C@H](CNC(=O)OCC2c3ccccc3-c3ccccc32)C(=O)O)cn1. The molecule has 0 aliphatic heterocycles. The first-order chi connectivity index (χ1) is 14.5. The number of benzene rings is 2. The first-order valence-electron chi connectivity index (χ1n) is 9.82. The number of carbonyl (C=O) groups excluding carboxylic acids is 1. The van der Waals surface area contributed by atoms with E-state index in [0.717, 1.165) is 27.8 Å². The molecule has 1 heterocycles. The van der Waals surface area contributed by atoms with Gasteiger partial charge in [-0.1, -0.05) is 48.5 Å². The number of nitrogens with zero attached hydrogens (tertiary/aromatic N) is 2. The van der Waals surface area contributed by atoms with E-state index in [1.54, 1.807) is 24.1 Å². The van der Waals surface area contributed by atoms with Gasteiger partial charge in [-0.15, -0.1) is 0 Å². The van der Waals surface area contributed by atoms with Crippen LogP contribution < -0.4 is 5.32 Å². The van der Waals surface area contributed by atoms with Crippen LogP contribution in [0.1, 0.15) is 22.6 Å². The molecular formula is C23H23N3O4. The zero-order valence-corrected chi connectivity index (χ0v) is 16.6. The Bertz CT molecular complexity index is 1030. The number of fused-ring (bicyclic) bond motifs is 3. The van der Waals surface area contributed by atoms with Crippen LogP contribution in [-0.2, 0) is 23.0 Å². The monoisotopic (exact) mass is 405 g/mol. The molecular weight excluding hydrogens is 382 g/mol. The smallest absolute Gasteiger partial charge is 0.407 e. The standard InChI is InChI=1S/C23H23N3O4/c1-26-13-15(11-25-26)10-16(22(27)28)12-24-23(29)30-14-21-19-8-4-2-6-17(19)18-7-3-5-9-20(18)21/h2-9,11,13,16,21H,10,12,14H2,1H3,(H,24,29)(H,27,28)/t16-/m1/s1. The predicted molar refractivity (Wildman–Crippen MR) is 111 cm³/mol. The Labute approximate surface area is 174 Å². The minimum absolute atomic E-state index is 0.0130. The highest BCUT2D eigenvalue weighted by atomic mass is 16.5. The van der Waals surface area contributed by atoms with E-state index >= 15 is 0 Å². The van der Waals surface area contributed by atoms with Gasteiger partial charge < -0.3 is 15.2 Å². The van der Waals surface area contributed by atoms with Gasteiger partial charge in [-0.3, -0.25) is 9.48 Å². The van der Waals surface area contributed by atoms with Crippen LogP contribution in [0.2, 0.25) is 0 Å². The van der Waals surface area contributed by atoms with E-state index < -0.39 is 18.0 Å². The van der Waals surface area contributed by atoms with Crippen molar-refractivity contribution in [3.05, 3.63) is 77.6 Å². The van der Waals surface area contributed by atoms with Crippen molar-refractivity contribution < 1.29 is 19.4 Å². The van der Waals surface area contributed by atoms with Crippen molar-refractivity contribution >= 4 is 12.1 Å². The first kappa shape index (κ1) is 19.7. The van der Waals surface area contributed by atoms with Crippen LogP contribution in [0.5, 0.6) is 0 Å². The van der Waals surface area contributed by atoms with Gasteiger partial charge in [0.15, 0.2) is 0 Å². The Hall–Kier alpha value is -3.61. The van der Waals surface area contributed by atoms with Gasteiger partial charge in [0, 0.05) is 25.7 Å². The molecule has 0 saturated carbocycles. The van der Waals surface area contributed by atoms with E-state index in [-0.39, 0.29) is 25.5 Å². The first-order valence-corrected chi connectivity index (χ1v) is 9.82. The number of nitrogens with one attached hydrogen (secondary N) is 1. The number of carboxylic acid groups (broad SMARTS) is 1. The number of aryl methyl sites for hydroxylation is 1. The number of aromatic nitrogens is 2. The lowest BCUT2D eigenvalue weighted by Crippen LogP contribution is -2.35. The van der Waals surface area contributed by atoms with E-state index in [9.17, 15) is 14.7 Å². The lowest BCUT2D eigenvalue weighted by molar-refractivity contribution is -0.141. The molecule has 1 atom stereocenters. The molecule has 2 N–H and O–H groups in total. The number of carboxylic acids is 1.